The van der Waals surface area contributed by atoms with Crippen LogP contribution in [0.2, 0.25) is 15.1 Å². The second-order valence-electron chi connectivity index (χ2n) is 5.66. The summed E-state index contributed by atoms with van der Waals surface area (Å²) in [6, 6.07) is 12.0. The number of esters is 1. The molecule has 28 heavy (non-hydrogen) atoms. The number of thiazole rings is 1. The highest BCUT2D eigenvalue weighted by atomic mass is 35.5. The molecule has 3 rings (SSSR count). The molecule has 0 unspecified atom stereocenters. The van der Waals surface area contributed by atoms with Crippen LogP contribution in [0.1, 0.15) is 15.4 Å². The molecule has 1 aromatic heterocycles. The Morgan fingerprint density at radius 3 is 2.36 bits per heavy atom. The molecule has 1 heterocycles. The van der Waals surface area contributed by atoms with Crippen molar-refractivity contribution in [3.05, 3.63) is 68.1 Å². The fraction of sp³-hybridized carbons (Fsp3) is 0.105. The van der Waals surface area contributed by atoms with Gasteiger partial charge in [-0.25, -0.2) is 9.78 Å². The monoisotopic (exact) mass is 454 g/mol. The van der Waals surface area contributed by atoms with Gasteiger partial charge in [0.15, 0.2) is 6.61 Å². The van der Waals surface area contributed by atoms with Crippen LogP contribution >= 0.6 is 46.1 Å². The summed E-state index contributed by atoms with van der Waals surface area (Å²) < 4.78 is 5.10. The van der Waals surface area contributed by atoms with E-state index in [1.807, 2.05) is 12.1 Å². The predicted molar refractivity (Wildman–Crippen MR) is 113 cm³/mol. The Morgan fingerprint density at radius 2 is 1.71 bits per heavy atom. The van der Waals surface area contributed by atoms with Gasteiger partial charge in [-0.05, 0) is 31.2 Å². The quantitative estimate of drug-likeness (QED) is 0.488. The molecule has 0 spiro atoms. The zero-order valence-corrected chi connectivity index (χ0v) is 17.5. The van der Waals surface area contributed by atoms with Gasteiger partial charge < -0.3 is 10.1 Å². The topological polar surface area (TPSA) is 68.3 Å². The van der Waals surface area contributed by atoms with E-state index in [1.54, 1.807) is 37.3 Å². The summed E-state index contributed by atoms with van der Waals surface area (Å²) in [5.74, 6) is -1.18. The molecule has 2 aromatic carbocycles. The third kappa shape index (κ3) is 4.83. The minimum absolute atomic E-state index is 0.269. The zero-order chi connectivity index (χ0) is 20.3. The Bertz CT molecular complexity index is 1020. The number of ether oxygens (including phenoxy) is 1. The lowest BCUT2D eigenvalue weighted by molar-refractivity contribution is -0.119. The molecule has 9 heteroatoms. The van der Waals surface area contributed by atoms with E-state index in [1.165, 1.54) is 11.3 Å². The smallest absolute Gasteiger partial charge is 0.350 e. The number of nitrogens with zero attached hydrogens (tertiary/aromatic N) is 1. The van der Waals surface area contributed by atoms with Gasteiger partial charge >= 0.3 is 5.97 Å². The molecule has 0 bridgehead atoms. The number of para-hydroxylation sites is 1. The van der Waals surface area contributed by atoms with Crippen molar-refractivity contribution in [2.75, 3.05) is 11.9 Å². The number of benzene rings is 2. The summed E-state index contributed by atoms with van der Waals surface area (Å²) in [4.78, 5) is 29.1. The van der Waals surface area contributed by atoms with Crippen LogP contribution in [-0.2, 0) is 9.53 Å². The average Bonchev–Trinajstić information content (AvgIpc) is 3.05. The zero-order valence-electron chi connectivity index (χ0n) is 14.5. The Morgan fingerprint density at radius 1 is 1.07 bits per heavy atom. The van der Waals surface area contributed by atoms with Gasteiger partial charge in [0.2, 0.25) is 0 Å². The largest absolute Gasteiger partial charge is 0.451 e. The summed E-state index contributed by atoms with van der Waals surface area (Å²) in [5.41, 5.74) is 1.63. The van der Waals surface area contributed by atoms with Crippen LogP contribution in [-0.4, -0.2) is 23.5 Å². The van der Waals surface area contributed by atoms with Gasteiger partial charge in [-0.1, -0.05) is 53.0 Å². The second-order valence-corrected chi connectivity index (χ2v) is 7.91. The Balaban J connectivity index is 1.65. The van der Waals surface area contributed by atoms with Crippen molar-refractivity contribution in [3.8, 4) is 10.6 Å². The standard InChI is InChI=1S/C19H13Cl3N2O3S/c1-10-17(28-18(23-10)11-5-7-12(20)8-6-11)19(26)27-9-15(25)24-16-13(21)3-2-4-14(16)22/h2-8H,9H2,1H3,(H,24,25). The number of halogens is 3. The summed E-state index contributed by atoms with van der Waals surface area (Å²) in [5, 5.41) is 4.38. The highest BCUT2D eigenvalue weighted by molar-refractivity contribution is 7.17. The van der Waals surface area contributed by atoms with Crippen LogP contribution < -0.4 is 5.32 Å². The molecule has 0 aliphatic rings. The summed E-state index contributed by atoms with van der Waals surface area (Å²) in [6.45, 7) is 1.23. The third-order valence-electron chi connectivity index (χ3n) is 3.63. The van der Waals surface area contributed by atoms with Crippen molar-refractivity contribution in [1.29, 1.82) is 0 Å². The number of nitrogens with one attached hydrogen (secondary N) is 1. The van der Waals surface area contributed by atoms with Gasteiger partial charge in [0.1, 0.15) is 9.88 Å². The molecule has 1 amide bonds. The van der Waals surface area contributed by atoms with Crippen molar-refractivity contribution in [2.45, 2.75) is 6.92 Å². The molecule has 0 atom stereocenters. The molecule has 0 saturated carbocycles. The molecule has 0 fully saturated rings. The maximum Gasteiger partial charge on any atom is 0.350 e. The minimum Gasteiger partial charge on any atom is -0.451 e. The molecule has 0 aliphatic heterocycles. The molecular weight excluding hydrogens is 443 g/mol. The number of rotatable bonds is 5. The molecule has 144 valence electrons. The molecule has 0 aliphatic carbocycles. The molecule has 5 nitrogen and oxygen atoms in total. The molecular formula is C19H13Cl3N2O3S. The summed E-state index contributed by atoms with van der Waals surface area (Å²) >= 11 is 19.1. The fourth-order valence-corrected chi connectivity index (χ4v) is 3.87. The van der Waals surface area contributed by atoms with Gasteiger partial charge in [-0.3, -0.25) is 4.79 Å². The molecule has 0 saturated heterocycles. The van der Waals surface area contributed by atoms with Crippen molar-refractivity contribution in [1.82, 2.24) is 4.98 Å². The molecule has 1 N–H and O–H groups in total. The van der Waals surface area contributed by atoms with E-state index in [9.17, 15) is 9.59 Å². The van der Waals surface area contributed by atoms with E-state index in [2.05, 4.69) is 10.3 Å². The van der Waals surface area contributed by atoms with Crippen molar-refractivity contribution < 1.29 is 14.3 Å². The first-order chi connectivity index (χ1) is 13.3. The fourth-order valence-electron chi connectivity index (χ4n) is 2.29. The van der Waals surface area contributed by atoms with Crippen molar-refractivity contribution >= 4 is 63.7 Å². The van der Waals surface area contributed by atoms with Gasteiger partial charge in [0.25, 0.3) is 5.91 Å². The van der Waals surface area contributed by atoms with Crippen molar-refractivity contribution in [2.24, 2.45) is 0 Å². The number of carbonyl (C=O) groups excluding carboxylic acids is 2. The first kappa shape index (κ1) is 20.6. The number of carbonyl (C=O) groups is 2. The lowest BCUT2D eigenvalue weighted by Crippen LogP contribution is -2.21. The number of amides is 1. The van der Waals surface area contributed by atoms with E-state index in [-0.39, 0.29) is 15.7 Å². The molecule has 0 radical (unpaired) electrons. The van der Waals surface area contributed by atoms with Gasteiger partial charge in [0.05, 0.1) is 21.4 Å². The first-order valence-corrected chi connectivity index (χ1v) is 9.94. The van der Waals surface area contributed by atoms with Crippen LogP contribution in [0.5, 0.6) is 0 Å². The van der Waals surface area contributed by atoms with Crippen LogP contribution in [0.3, 0.4) is 0 Å². The number of anilines is 1. The summed E-state index contributed by atoms with van der Waals surface area (Å²) in [6.07, 6.45) is 0. The SMILES string of the molecule is Cc1nc(-c2ccc(Cl)cc2)sc1C(=O)OCC(=O)Nc1c(Cl)cccc1Cl. The van der Waals surface area contributed by atoms with E-state index >= 15 is 0 Å². The van der Waals surface area contributed by atoms with E-state index in [0.717, 1.165) is 5.56 Å². The number of aromatic nitrogens is 1. The predicted octanol–water partition coefficient (Wildman–Crippen LogP) is 5.87. The normalized spacial score (nSPS) is 10.6. The van der Waals surface area contributed by atoms with Gasteiger partial charge in [-0.2, -0.15) is 0 Å². The van der Waals surface area contributed by atoms with Gasteiger partial charge in [-0.15, -0.1) is 11.3 Å². The second kappa shape index (κ2) is 8.92. The van der Waals surface area contributed by atoms with Gasteiger partial charge in [0, 0.05) is 10.6 Å². The molecule has 3 aromatic rings. The third-order valence-corrected chi connectivity index (χ3v) is 5.70. The lowest BCUT2D eigenvalue weighted by Gasteiger charge is -2.09. The van der Waals surface area contributed by atoms with Crippen LogP contribution in [0, 0.1) is 6.92 Å². The number of hydrogen-bond donors (Lipinski definition) is 1. The highest BCUT2D eigenvalue weighted by Crippen LogP contribution is 2.30. The van der Waals surface area contributed by atoms with E-state index in [0.29, 0.717) is 20.6 Å². The summed E-state index contributed by atoms with van der Waals surface area (Å²) in [7, 11) is 0. The Kier molecular flexibility index (Phi) is 6.57. The average molecular weight is 456 g/mol. The first-order valence-electron chi connectivity index (χ1n) is 7.99. The maximum atomic E-state index is 12.3. The number of hydrogen-bond acceptors (Lipinski definition) is 5. The van der Waals surface area contributed by atoms with Crippen molar-refractivity contribution in [3.63, 3.8) is 0 Å². The Hall–Kier alpha value is -2.12. The van der Waals surface area contributed by atoms with E-state index < -0.39 is 18.5 Å². The van der Waals surface area contributed by atoms with E-state index in [4.69, 9.17) is 39.5 Å². The number of aryl methyl sites for hydroxylation is 1. The van der Waals surface area contributed by atoms with Crippen LogP contribution in [0.15, 0.2) is 42.5 Å². The maximum absolute atomic E-state index is 12.3. The van der Waals surface area contributed by atoms with Crippen LogP contribution in [0.4, 0.5) is 5.69 Å². The lowest BCUT2D eigenvalue weighted by atomic mass is 10.2. The Labute approximate surface area is 180 Å². The van der Waals surface area contributed by atoms with Crippen LogP contribution in [0.25, 0.3) is 10.6 Å². The minimum atomic E-state index is -0.629. The highest BCUT2D eigenvalue weighted by Gasteiger charge is 2.19.